The third-order valence-electron chi connectivity index (χ3n) is 6.57. The molecule has 2 aromatic rings. The molecule has 1 heterocycles. The molecule has 204 valence electrons. The molecular weight excluding hydrogens is 497 g/mol. The molecule has 3 amide bonds. The number of anilines is 3. The lowest BCUT2D eigenvalue weighted by atomic mass is 9.97. The molecule has 5 N–H and O–H groups in total. The Morgan fingerprint density at radius 1 is 1.13 bits per heavy atom. The Balaban J connectivity index is 1.69. The molecule has 2 atom stereocenters. The van der Waals surface area contributed by atoms with Gasteiger partial charge in [0, 0.05) is 30.4 Å². The Kier molecular flexibility index (Phi) is 7.84. The summed E-state index contributed by atoms with van der Waals surface area (Å²) in [5, 5.41) is 15.0. The van der Waals surface area contributed by atoms with Crippen LogP contribution in [-0.4, -0.2) is 30.5 Å². The normalized spacial score (nSPS) is 16.9. The van der Waals surface area contributed by atoms with Crippen molar-refractivity contribution >= 4 is 34.8 Å². The number of carbonyl (C=O) groups excluding carboxylic acids is 2. The first-order valence-electron chi connectivity index (χ1n) is 12.8. The molecule has 1 unspecified atom stereocenters. The van der Waals surface area contributed by atoms with E-state index in [1.807, 2.05) is 19.9 Å². The Hall–Kier alpha value is -3.76. The first-order chi connectivity index (χ1) is 18.0. The molecule has 0 radical (unpaired) electrons. The number of amides is 3. The van der Waals surface area contributed by atoms with E-state index >= 15 is 0 Å². The highest BCUT2D eigenvalue weighted by Crippen LogP contribution is 2.40. The van der Waals surface area contributed by atoms with Crippen molar-refractivity contribution in [2.75, 3.05) is 22.5 Å². The molecule has 2 aliphatic rings. The summed E-state index contributed by atoms with van der Waals surface area (Å²) in [5.41, 5.74) is 4.15. The van der Waals surface area contributed by atoms with Crippen LogP contribution in [0.4, 0.5) is 35.0 Å². The van der Waals surface area contributed by atoms with Crippen molar-refractivity contribution in [2.45, 2.75) is 71.8 Å². The summed E-state index contributed by atoms with van der Waals surface area (Å²) in [6.07, 6.45) is -1.37. The Morgan fingerprint density at radius 3 is 2.55 bits per heavy atom. The van der Waals surface area contributed by atoms with Crippen LogP contribution in [0.15, 0.2) is 29.3 Å². The van der Waals surface area contributed by atoms with Gasteiger partial charge in [-0.15, -0.1) is 0 Å². The average Bonchev–Trinajstić information content (AvgIpc) is 3.33. The SMILES string of the molecule is CCCNC(=O)Nc1cc2c(c3c1CCC3)NC(C)N=C2N[C@H](C)c1cc(NC(C)=O)cc(C(F)(F)F)c1. The van der Waals surface area contributed by atoms with Crippen LogP contribution in [-0.2, 0) is 23.8 Å². The molecule has 38 heavy (non-hydrogen) atoms. The van der Waals surface area contributed by atoms with E-state index in [1.165, 1.54) is 13.0 Å². The van der Waals surface area contributed by atoms with E-state index in [2.05, 4.69) is 26.6 Å². The van der Waals surface area contributed by atoms with Crippen molar-refractivity contribution in [1.29, 1.82) is 0 Å². The Labute approximate surface area is 219 Å². The topological polar surface area (TPSA) is 107 Å². The zero-order chi connectivity index (χ0) is 27.6. The van der Waals surface area contributed by atoms with Gasteiger partial charge in [-0.2, -0.15) is 13.2 Å². The van der Waals surface area contributed by atoms with Gasteiger partial charge in [0.15, 0.2) is 0 Å². The minimum Gasteiger partial charge on any atom is -0.363 e. The van der Waals surface area contributed by atoms with Gasteiger partial charge in [-0.05, 0) is 80.5 Å². The fraction of sp³-hybridized carbons (Fsp3) is 0.444. The smallest absolute Gasteiger partial charge is 0.363 e. The monoisotopic (exact) mass is 530 g/mol. The zero-order valence-electron chi connectivity index (χ0n) is 21.9. The summed E-state index contributed by atoms with van der Waals surface area (Å²) in [7, 11) is 0. The largest absolute Gasteiger partial charge is 0.416 e. The number of fused-ring (bicyclic) bond motifs is 3. The molecule has 1 aliphatic carbocycles. The van der Waals surface area contributed by atoms with Crippen molar-refractivity contribution in [3.63, 3.8) is 0 Å². The number of hydrogen-bond donors (Lipinski definition) is 5. The molecule has 4 rings (SSSR count). The first-order valence-corrected chi connectivity index (χ1v) is 12.8. The molecule has 0 saturated carbocycles. The lowest BCUT2D eigenvalue weighted by molar-refractivity contribution is -0.137. The van der Waals surface area contributed by atoms with Gasteiger partial charge in [0.25, 0.3) is 0 Å². The number of urea groups is 1. The number of alkyl halides is 3. The highest BCUT2D eigenvalue weighted by molar-refractivity contribution is 6.08. The summed E-state index contributed by atoms with van der Waals surface area (Å²) in [5.74, 6) is 0.0576. The Bertz CT molecular complexity index is 1270. The number of aliphatic imine (C=N–C) groups is 1. The van der Waals surface area contributed by atoms with Crippen molar-refractivity contribution in [3.8, 4) is 0 Å². The second-order valence-corrected chi connectivity index (χ2v) is 9.72. The van der Waals surface area contributed by atoms with E-state index in [0.29, 0.717) is 23.6 Å². The number of nitrogens with one attached hydrogen (secondary N) is 5. The Morgan fingerprint density at radius 2 is 1.87 bits per heavy atom. The highest BCUT2D eigenvalue weighted by atomic mass is 19.4. The fourth-order valence-electron chi connectivity index (χ4n) is 4.90. The fourth-order valence-corrected chi connectivity index (χ4v) is 4.90. The van der Waals surface area contributed by atoms with E-state index in [9.17, 15) is 22.8 Å². The van der Waals surface area contributed by atoms with Gasteiger partial charge in [-0.3, -0.25) is 4.79 Å². The van der Waals surface area contributed by atoms with Crippen molar-refractivity contribution in [3.05, 3.63) is 52.1 Å². The molecule has 1 aliphatic heterocycles. The van der Waals surface area contributed by atoms with E-state index in [-0.39, 0.29) is 17.9 Å². The molecule has 2 aromatic carbocycles. The molecule has 0 bridgehead atoms. The second kappa shape index (κ2) is 10.9. The van der Waals surface area contributed by atoms with E-state index < -0.39 is 23.7 Å². The minimum absolute atomic E-state index is 0.0689. The van der Waals surface area contributed by atoms with Gasteiger partial charge in [0.1, 0.15) is 12.0 Å². The van der Waals surface area contributed by atoms with Crippen LogP contribution in [0.3, 0.4) is 0 Å². The number of hydrogen-bond acceptors (Lipinski definition) is 5. The summed E-state index contributed by atoms with van der Waals surface area (Å²) < 4.78 is 40.8. The lowest BCUT2D eigenvalue weighted by Crippen LogP contribution is -2.35. The average molecular weight is 531 g/mol. The lowest BCUT2D eigenvalue weighted by Gasteiger charge is -2.29. The zero-order valence-corrected chi connectivity index (χ0v) is 21.9. The number of amidine groups is 1. The van der Waals surface area contributed by atoms with Crippen molar-refractivity contribution < 1.29 is 22.8 Å². The summed E-state index contributed by atoms with van der Waals surface area (Å²) >= 11 is 0. The molecule has 0 aromatic heterocycles. The van der Waals surface area contributed by atoms with Crippen LogP contribution in [0.2, 0.25) is 0 Å². The number of carbonyl (C=O) groups is 2. The number of rotatable bonds is 6. The van der Waals surface area contributed by atoms with Crippen molar-refractivity contribution in [1.82, 2.24) is 10.6 Å². The van der Waals surface area contributed by atoms with Crippen LogP contribution in [0.1, 0.15) is 74.4 Å². The minimum atomic E-state index is -4.57. The molecular formula is C27H33F3N6O2. The maximum Gasteiger partial charge on any atom is 0.416 e. The predicted octanol–water partition coefficient (Wildman–Crippen LogP) is 5.55. The van der Waals surface area contributed by atoms with Gasteiger partial charge in [-0.1, -0.05) is 6.92 Å². The van der Waals surface area contributed by atoms with Crippen LogP contribution >= 0.6 is 0 Å². The molecule has 11 heteroatoms. The van der Waals surface area contributed by atoms with Gasteiger partial charge in [0.05, 0.1) is 17.3 Å². The van der Waals surface area contributed by atoms with Gasteiger partial charge in [-0.25, -0.2) is 9.79 Å². The van der Waals surface area contributed by atoms with E-state index in [4.69, 9.17) is 4.99 Å². The number of benzene rings is 2. The number of halogens is 3. The molecule has 8 nitrogen and oxygen atoms in total. The van der Waals surface area contributed by atoms with E-state index in [0.717, 1.165) is 60.2 Å². The first kappa shape index (κ1) is 27.3. The summed E-state index contributed by atoms with van der Waals surface area (Å²) in [6.45, 7) is 7.42. The van der Waals surface area contributed by atoms with Crippen LogP contribution < -0.4 is 26.6 Å². The highest BCUT2D eigenvalue weighted by Gasteiger charge is 2.33. The number of nitrogens with zero attached hydrogens (tertiary/aromatic N) is 1. The molecule has 0 saturated heterocycles. The quantitative estimate of drug-likeness (QED) is 0.337. The van der Waals surface area contributed by atoms with Gasteiger partial charge >= 0.3 is 12.2 Å². The van der Waals surface area contributed by atoms with Crippen molar-refractivity contribution in [2.24, 2.45) is 4.99 Å². The molecule has 0 spiro atoms. The van der Waals surface area contributed by atoms with Crippen LogP contribution in [0, 0.1) is 0 Å². The van der Waals surface area contributed by atoms with Gasteiger partial charge in [0.2, 0.25) is 5.91 Å². The van der Waals surface area contributed by atoms with Crippen LogP contribution in [0.25, 0.3) is 0 Å². The van der Waals surface area contributed by atoms with E-state index in [1.54, 1.807) is 6.92 Å². The third kappa shape index (κ3) is 6.03. The maximum atomic E-state index is 13.6. The third-order valence-corrected chi connectivity index (χ3v) is 6.57. The predicted molar refractivity (Wildman–Crippen MR) is 143 cm³/mol. The standard InChI is InChI=1S/C27H33F3N6O2/c1-5-9-31-26(38)36-23-13-22-24(21-8-6-7-20(21)23)33-15(3)34-25(22)32-14(2)17-10-18(27(28,29)30)12-19(11-17)35-16(4)37/h10-15,33H,5-9H2,1-4H3,(H,32,34)(H,35,37)(H2,31,36,38)/t14-,15?/m1/s1. The van der Waals surface area contributed by atoms with Crippen LogP contribution in [0.5, 0.6) is 0 Å². The summed E-state index contributed by atoms with van der Waals surface area (Å²) in [6, 6.07) is 4.53. The summed E-state index contributed by atoms with van der Waals surface area (Å²) in [4.78, 5) is 28.7. The molecule has 0 fully saturated rings. The second-order valence-electron chi connectivity index (χ2n) is 9.72. The maximum absolute atomic E-state index is 13.6. The van der Waals surface area contributed by atoms with Gasteiger partial charge < -0.3 is 26.6 Å².